The number of carbonyl (C=O) groups is 1. The lowest BCUT2D eigenvalue weighted by atomic mass is 10.5. The minimum absolute atomic E-state index is 0.109. The predicted molar refractivity (Wildman–Crippen MR) is 39.1 cm³/mol. The number of carbonyl (C=O) groups excluding carboxylic acids is 1. The molecule has 1 aliphatic heterocycles. The van der Waals surface area contributed by atoms with Crippen molar-refractivity contribution in [3.05, 3.63) is 11.9 Å². The van der Waals surface area contributed by atoms with Crippen LogP contribution in [-0.2, 0) is 4.79 Å². The van der Waals surface area contributed by atoms with Crippen LogP contribution in [0.2, 0.25) is 0 Å². The summed E-state index contributed by atoms with van der Waals surface area (Å²) in [5.74, 6) is 1.05. The van der Waals surface area contributed by atoms with Gasteiger partial charge in [0.25, 0.3) is 0 Å². The van der Waals surface area contributed by atoms with Crippen LogP contribution in [0.15, 0.2) is 11.9 Å². The van der Waals surface area contributed by atoms with Crippen molar-refractivity contribution in [1.29, 1.82) is 0 Å². The van der Waals surface area contributed by atoms with Crippen molar-refractivity contribution in [3.8, 4) is 0 Å². The van der Waals surface area contributed by atoms with Gasteiger partial charge in [0.05, 0.1) is 0 Å². The molecule has 3 heteroatoms. The van der Waals surface area contributed by atoms with Gasteiger partial charge >= 0.3 is 0 Å². The van der Waals surface area contributed by atoms with E-state index in [4.69, 9.17) is 0 Å². The summed E-state index contributed by atoms with van der Waals surface area (Å²) in [6, 6.07) is 0. The normalized spacial score (nSPS) is 17.0. The van der Waals surface area contributed by atoms with Crippen LogP contribution < -0.4 is 5.32 Å². The molecule has 0 saturated heterocycles. The molecular formula is C7H12N2O. The highest BCUT2D eigenvalue weighted by molar-refractivity contribution is 5.75. The standard InChI is InChI=1S/C7H12N2O/c1-6(10)9-5-3-4-7(9)8-2/h4,8H,3,5H2,1-2H3. The zero-order valence-electron chi connectivity index (χ0n) is 6.35. The van der Waals surface area contributed by atoms with Crippen molar-refractivity contribution in [2.75, 3.05) is 13.6 Å². The minimum Gasteiger partial charge on any atom is -0.375 e. The first-order valence-electron chi connectivity index (χ1n) is 3.41. The van der Waals surface area contributed by atoms with E-state index in [0.29, 0.717) is 0 Å². The van der Waals surface area contributed by atoms with Crippen LogP contribution in [0, 0.1) is 0 Å². The van der Waals surface area contributed by atoms with Gasteiger partial charge in [-0.05, 0) is 12.5 Å². The van der Waals surface area contributed by atoms with Gasteiger partial charge in [-0.3, -0.25) is 9.69 Å². The summed E-state index contributed by atoms with van der Waals surface area (Å²) in [4.78, 5) is 12.6. The van der Waals surface area contributed by atoms with Gasteiger partial charge in [-0.2, -0.15) is 0 Å². The first-order valence-corrected chi connectivity index (χ1v) is 3.41. The molecule has 0 atom stereocenters. The summed E-state index contributed by atoms with van der Waals surface area (Å²) < 4.78 is 0. The van der Waals surface area contributed by atoms with Gasteiger partial charge in [-0.1, -0.05) is 0 Å². The molecule has 1 amide bonds. The maximum Gasteiger partial charge on any atom is 0.224 e. The Morgan fingerprint density at radius 1 is 1.80 bits per heavy atom. The molecule has 0 aliphatic carbocycles. The highest BCUT2D eigenvalue weighted by Gasteiger charge is 2.16. The molecule has 0 bridgehead atoms. The van der Waals surface area contributed by atoms with E-state index in [9.17, 15) is 4.79 Å². The van der Waals surface area contributed by atoms with E-state index < -0.39 is 0 Å². The molecule has 10 heavy (non-hydrogen) atoms. The van der Waals surface area contributed by atoms with Gasteiger partial charge in [0.15, 0.2) is 0 Å². The number of amides is 1. The second-order valence-electron chi connectivity index (χ2n) is 2.30. The van der Waals surface area contributed by atoms with Crippen molar-refractivity contribution in [3.63, 3.8) is 0 Å². The topological polar surface area (TPSA) is 32.3 Å². The Balaban J connectivity index is 2.63. The summed E-state index contributed by atoms with van der Waals surface area (Å²) in [6.07, 6.45) is 3.00. The molecule has 0 aromatic heterocycles. The fraction of sp³-hybridized carbons (Fsp3) is 0.571. The van der Waals surface area contributed by atoms with Gasteiger partial charge in [-0.25, -0.2) is 0 Å². The summed E-state index contributed by atoms with van der Waals surface area (Å²) in [5.41, 5.74) is 0. The number of nitrogens with zero attached hydrogens (tertiary/aromatic N) is 1. The quantitative estimate of drug-likeness (QED) is 0.568. The van der Waals surface area contributed by atoms with Crippen LogP contribution in [-0.4, -0.2) is 24.4 Å². The lowest BCUT2D eigenvalue weighted by Gasteiger charge is -2.17. The Morgan fingerprint density at radius 2 is 2.50 bits per heavy atom. The molecule has 1 N–H and O–H groups in total. The van der Waals surface area contributed by atoms with Crippen LogP contribution in [0.4, 0.5) is 0 Å². The van der Waals surface area contributed by atoms with Gasteiger partial charge in [0, 0.05) is 20.5 Å². The number of hydrogen-bond acceptors (Lipinski definition) is 2. The molecule has 1 aliphatic rings. The third-order valence-electron chi connectivity index (χ3n) is 1.62. The number of rotatable bonds is 1. The zero-order valence-corrected chi connectivity index (χ0v) is 6.35. The Kier molecular flexibility index (Phi) is 1.94. The molecule has 56 valence electrons. The van der Waals surface area contributed by atoms with Crippen LogP contribution >= 0.6 is 0 Å². The SMILES string of the molecule is CNC1=CCCN1C(C)=O. The molecule has 3 nitrogen and oxygen atoms in total. The summed E-state index contributed by atoms with van der Waals surface area (Å²) in [5, 5.41) is 2.96. The first-order chi connectivity index (χ1) is 4.75. The number of nitrogens with one attached hydrogen (secondary N) is 1. The summed E-state index contributed by atoms with van der Waals surface area (Å²) in [7, 11) is 1.83. The smallest absolute Gasteiger partial charge is 0.224 e. The van der Waals surface area contributed by atoms with E-state index in [1.807, 2.05) is 13.1 Å². The predicted octanol–water partition coefficient (Wildman–Crippen LogP) is 0.299. The highest BCUT2D eigenvalue weighted by Crippen LogP contribution is 2.10. The summed E-state index contributed by atoms with van der Waals surface area (Å²) >= 11 is 0. The van der Waals surface area contributed by atoms with E-state index in [1.165, 1.54) is 0 Å². The fourth-order valence-electron chi connectivity index (χ4n) is 1.13. The van der Waals surface area contributed by atoms with E-state index in [-0.39, 0.29) is 5.91 Å². The Bertz CT molecular complexity index is 174. The lowest BCUT2D eigenvalue weighted by molar-refractivity contribution is -0.126. The first kappa shape index (κ1) is 7.12. The average Bonchev–Trinajstić information content (AvgIpc) is 2.33. The van der Waals surface area contributed by atoms with E-state index in [2.05, 4.69) is 5.32 Å². The van der Waals surface area contributed by atoms with Gasteiger partial charge in [-0.15, -0.1) is 0 Å². The monoisotopic (exact) mass is 140 g/mol. The van der Waals surface area contributed by atoms with Gasteiger partial charge in [0.1, 0.15) is 5.82 Å². The summed E-state index contributed by atoms with van der Waals surface area (Å²) in [6.45, 7) is 2.40. The number of hydrogen-bond donors (Lipinski definition) is 1. The second-order valence-corrected chi connectivity index (χ2v) is 2.30. The van der Waals surface area contributed by atoms with Crippen molar-refractivity contribution >= 4 is 5.91 Å². The second kappa shape index (κ2) is 2.73. The van der Waals surface area contributed by atoms with Crippen molar-refractivity contribution in [2.45, 2.75) is 13.3 Å². The molecule has 1 heterocycles. The Hall–Kier alpha value is -0.990. The third-order valence-corrected chi connectivity index (χ3v) is 1.62. The third kappa shape index (κ3) is 1.12. The lowest BCUT2D eigenvalue weighted by Crippen LogP contribution is -2.30. The molecular weight excluding hydrogens is 128 g/mol. The van der Waals surface area contributed by atoms with Crippen molar-refractivity contribution < 1.29 is 4.79 Å². The Labute approximate surface area is 60.7 Å². The molecule has 0 radical (unpaired) electrons. The largest absolute Gasteiger partial charge is 0.375 e. The van der Waals surface area contributed by atoms with E-state index in [0.717, 1.165) is 18.8 Å². The van der Waals surface area contributed by atoms with Gasteiger partial charge < -0.3 is 5.32 Å². The highest BCUT2D eigenvalue weighted by atomic mass is 16.2. The average molecular weight is 140 g/mol. The fourth-order valence-corrected chi connectivity index (χ4v) is 1.13. The Morgan fingerprint density at radius 3 is 2.90 bits per heavy atom. The maximum atomic E-state index is 10.9. The van der Waals surface area contributed by atoms with Crippen molar-refractivity contribution in [2.24, 2.45) is 0 Å². The molecule has 0 spiro atoms. The van der Waals surface area contributed by atoms with Crippen LogP contribution in [0.3, 0.4) is 0 Å². The van der Waals surface area contributed by atoms with Crippen molar-refractivity contribution in [1.82, 2.24) is 10.2 Å². The minimum atomic E-state index is 0.109. The van der Waals surface area contributed by atoms with Crippen LogP contribution in [0.1, 0.15) is 13.3 Å². The molecule has 1 rings (SSSR count). The van der Waals surface area contributed by atoms with Gasteiger partial charge in [0.2, 0.25) is 5.91 Å². The van der Waals surface area contributed by atoms with E-state index >= 15 is 0 Å². The maximum absolute atomic E-state index is 10.9. The molecule has 0 aromatic carbocycles. The van der Waals surface area contributed by atoms with E-state index in [1.54, 1.807) is 11.8 Å². The molecule has 0 unspecified atom stereocenters. The molecule has 0 aromatic rings. The van der Waals surface area contributed by atoms with Crippen LogP contribution in [0.25, 0.3) is 0 Å². The molecule has 0 saturated carbocycles. The van der Waals surface area contributed by atoms with Crippen LogP contribution in [0.5, 0.6) is 0 Å². The zero-order chi connectivity index (χ0) is 7.56. The molecule has 0 fully saturated rings.